The number of rotatable bonds is 5. The van der Waals surface area contributed by atoms with Crippen LogP contribution in [0.5, 0.6) is 0 Å². The Bertz CT molecular complexity index is 784. The Morgan fingerprint density at radius 1 is 1.18 bits per heavy atom. The van der Waals surface area contributed by atoms with Gasteiger partial charge in [0.25, 0.3) is 10.0 Å². The molecule has 116 valence electrons. The minimum Gasteiger partial charge on any atom is -0.200 e. The summed E-state index contributed by atoms with van der Waals surface area (Å²) in [4.78, 5) is 2.46. The molecule has 0 atom stereocenters. The van der Waals surface area contributed by atoms with Crippen LogP contribution in [0.25, 0.3) is 0 Å². The van der Waals surface area contributed by atoms with Crippen LogP contribution in [0, 0.1) is 6.92 Å². The number of hydrazone groups is 1. The first-order chi connectivity index (χ1) is 10.4. The summed E-state index contributed by atoms with van der Waals surface area (Å²) in [5, 5.41) is 4.63. The standard InChI is InChI=1S/C16H17ClN2O2S/c1-3-16(13-5-4-6-14(17)11-13)18-19-22(20,21)15-9-7-12(2)8-10-15/h4-11,19H,3H2,1-2H3/b18-16-. The van der Waals surface area contributed by atoms with E-state index in [1.165, 1.54) is 0 Å². The Balaban J connectivity index is 2.26. The summed E-state index contributed by atoms with van der Waals surface area (Å²) in [6, 6.07) is 13.8. The van der Waals surface area contributed by atoms with Crippen molar-refractivity contribution in [1.82, 2.24) is 4.83 Å². The third-order valence-electron chi connectivity index (χ3n) is 3.12. The molecule has 0 aromatic heterocycles. The van der Waals surface area contributed by atoms with Gasteiger partial charge in [-0.1, -0.05) is 48.4 Å². The fraction of sp³-hybridized carbons (Fsp3) is 0.188. The van der Waals surface area contributed by atoms with Crippen LogP contribution >= 0.6 is 11.6 Å². The molecule has 6 heteroatoms. The van der Waals surface area contributed by atoms with Crippen LogP contribution in [0.2, 0.25) is 5.02 Å². The van der Waals surface area contributed by atoms with Gasteiger partial charge in [-0.25, -0.2) is 0 Å². The normalized spacial score (nSPS) is 12.2. The van der Waals surface area contributed by atoms with Gasteiger partial charge in [-0.05, 0) is 43.2 Å². The highest BCUT2D eigenvalue weighted by Gasteiger charge is 2.13. The lowest BCUT2D eigenvalue weighted by Gasteiger charge is -2.07. The van der Waals surface area contributed by atoms with Crippen molar-refractivity contribution in [2.24, 2.45) is 5.10 Å². The summed E-state index contributed by atoms with van der Waals surface area (Å²) in [5.41, 5.74) is 2.41. The zero-order valence-electron chi connectivity index (χ0n) is 12.4. The van der Waals surface area contributed by atoms with Crippen molar-refractivity contribution in [3.63, 3.8) is 0 Å². The molecule has 4 nitrogen and oxygen atoms in total. The van der Waals surface area contributed by atoms with E-state index in [2.05, 4.69) is 9.93 Å². The van der Waals surface area contributed by atoms with Crippen molar-refractivity contribution in [1.29, 1.82) is 0 Å². The molecule has 0 aliphatic rings. The van der Waals surface area contributed by atoms with Gasteiger partial charge in [-0.3, -0.25) is 0 Å². The fourth-order valence-corrected chi connectivity index (χ4v) is 2.92. The summed E-state index contributed by atoms with van der Waals surface area (Å²) in [6.45, 7) is 3.80. The number of nitrogens with zero attached hydrogens (tertiary/aromatic N) is 1. The predicted octanol–water partition coefficient (Wildman–Crippen LogP) is 3.74. The van der Waals surface area contributed by atoms with E-state index in [-0.39, 0.29) is 4.90 Å². The summed E-state index contributed by atoms with van der Waals surface area (Å²) < 4.78 is 24.4. The van der Waals surface area contributed by atoms with E-state index in [0.29, 0.717) is 17.2 Å². The van der Waals surface area contributed by atoms with Crippen LogP contribution in [0.1, 0.15) is 24.5 Å². The van der Waals surface area contributed by atoms with E-state index in [9.17, 15) is 8.42 Å². The molecule has 0 bridgehead atoms. The lowest BCUT2D eigenvalue weighted by Crippen LogP contribution is -2.20. The van der Waals surface area contributed by atoms with E-state index >= 15 is 0 Å². The van der Waals surface area contributed by atoms with Crippen molar-refractivity contribution in [2.45, 2.75) is 25.2 Å². The number of hydrogen-bond donors (Lipinski definition) is 1. The molecule has 0 unspecified atom stereocenters. The van der Waals surface area contributed by atoms with Crippen LogP contribution < -0.4 is 4.83 Å². The van der Waals surface area contributed by atoms with E-state index in [1.54, 1.807) is 42.5 Å². The van der Waals surface area contributed by atoms with Gasteiger partial charge >= 0.3 is 0 Å². The first-order valence-corrected chi connectivity index (χ1v) is 8.69. The zero-order valence-corrected chi connectivity index (χ0v) is 13.9. The molecule has 1 N–H and O–H groups in total. The molecular weight excluding hydrogens is 320 g/mol. The molecule has 0 saturated carbocycles. The molecule has 2 aromatic rings. The van der Waals surface area contributed by atoms with E-state index < -0.39 is 10.0 Å². The Morgan fingerprint density at radius 2 is 1.86 bits per heavy atom. The van der Waals surface area contributed by atoms with Gasteiger partial charge in [-0.2, -0.15) is 18.4 Å². The van der Waals surface area contributed by atoms with Crippen molar-refractivity contribution in [2.75, 3.05) is 0 Å². The highest BCUT2D eigenvalue weighted by atomic mass is 35.5. The Labute approximate surface area is 135 Å². The number of halogens is 1. The second-order valence-corrected chi connectivity index (χ2v) is 6.93. The topological polar surface area (TPSA) is 58.5 Å². The lowest BCUT2D eigenvalue weighted by atomic mass is 10.1. The van der Waals surface area contributed by atoms with E-state index in [0.717, 1.165) is 11.1 Å². The summed E-state index contributed by atoms with van der Waals surface area (Å²) in [5.74, 6) is 0. The monoisotopic (exact) mass is 336 g/mol. The van der Waals surface area contributed by atoms with Gasteiger partial charge in [0.05, 0.1) is 10.6 Å². The van der Waals surface area contributed by atoms with Crippen LogP contribution in [0.15, 0.2) is 58.5 Å². The highest BCUT2D eigenvalue weighted by molar-refractivity contribution is 7.89. The first kappa shape index (κ1) is 16.5. The average Bonchev–Trinajstić information content (AvgIpc) is 2.48. The summed E-state index contributed by atoms with van der Waals surface area (Å²) >= 11 is 5.95. The quantitative estimate of drug-likeness (QED) is 0.668. The van der Waals surface area contributed by atoms with Gasteiger partial charge in [0, 0.05) is 5.02 Å². The molecule has 0 fully saturated rings. The molecule has 0 aliphatic carbocycles. The maximum atomic E-state index is 12.2. The largest absolute Gasteiger partial charge is 0.276 e. The van der Waals surface area contributed by atoms with Crippen LogP contribution in [-0.2, 0) is 10.0 Å². The SMILES string of the molecule is CC/C(=N/NS(=O)(=O)c1ccc(C)cc1)c1cccc(Cl)c1. The Morgan fingerprint density at radius 3 is 2.45 bits per heavy atom. The van der Waals surface area contributed by atoms with E-state index in [4.69, 9.17) is 11.6 Å². The smallest absolute Gasteiger partial charge is 0.200 e. The number of benzene rings is 2. The third-order valence-corrected chi connectivity index (χ3v) is 4.58. The number of nitrogens with one attached hydrogen (secondary N) is 1. The van der Waals surface area contributed by atoms with Crippen LogP contribution in [-0.4, -0.2) is 14.1 Å². The van der Waals surface area contributed by atoms with Crippen molar-refractivity contribution in [3.8, 4) is 0 Å². The number of hydrogen-bond acceptors (Lipinski definition) is 3. The zero-order chi connectivity index (χ0) is 16.2. The second kappa shape index (κ2) is 6.94. The Hall–Kier alpha value is -1.85. The third kappa shape index (κ3) is 4.08. The molecule has 22 heavy (non-hydrogen) atoms. The Kier molecular flexibility index (Phi) is 5.21. The van der Waals surface area contributed by atoms with Gasteiger partial charge < -0.3 is 0 Å². The lowest BCUT2D eigenvalue weighted by molar-refractivity contribution is 0.584. The maximum absolute atomic E-state index is 12.2. The molecule has 0 aliphatic heterocycles. The molecule has 0 radical (unpaired) electrons. The minimum absolute atomic E-state index is 0.184. The van der Waals surface area contributed by atoms with Gasteiger partial charge in [0.1, 0.15) is 0 Å². The minimum atomic E-state index is -3.67. The molecule has 2 rings (SSSR count). The van der Waals surface area contributed by atoms with Gasteiger partial charge in [0.15, 0.2) is 0 Å². The van der Waals surface area contributed by atoms with Gasteiger partial charge in [0.2, 0.25) is 0 Å². The summed E-state index contributed by atoms with van der Waals surface area (Å²) in [6.07, 6.45) is 0.580. The summed E-state index contributed by atoms with van der Waals surface area (Å²) in [7, 11) is -3.67. The number of aryl methyl sites for hydroxylation is 1. The predicted molar refractivity (Wildman–Crippen MR) is 89.8 cm³/mol. The average molecular weight is 337 g/mol. The molecule has 0 saturated heterocycles. The first-order valence-electron chi connectivity index (χ1n) is 6.83. The van der Waals surface area contributed by atoms with Crippen LogP contribution in [0.3, 0.4) is 0 Å². The second-order valence-electron chi connectivity index (χ2n) is 4.83. The molecule has 0 heterocycles. The van der Waals surface area contributed by atoms with Crippen molar-refractivity contribution in [3.05, 3.63) is 64.7 Å². The van der Waals surface area contributed by atoms with E-state index in [1.807, 2.05) is 19.9 Å². The highest BCUT2D eigenvalue weighted by Crippen LogP contribution is 2.14. The number of sulfonamides is 1. The maximum Gasteiger partial charge on any atom is 0.276 e. The molecule has 0 amide bonds. The fourth-order valence-electron chi connectivity index (χ4n) is 1.90. The van der Waals surface area contributed by atoms with Gasteiger partial charge in [-0.15, -0.1) is 0 Å². The van der Waals surface area contributed by atoms with Crippen LogP contribution in [0.4, 0.5) is 0 Å². The van der Waals surface area contributed by atoms with Crippen molar-refractivity contribution >= 4 is 27.3 Å². The van der Waals surface area contributed by atoms with Crippen molar-refractivity contribution < 1.29 is 8.42 Å². The molecular formula is C16H17ClN2O2S. The molecule has 2 aromatic carbocycles. The molecule has 0 spiro atoms.